The van der Waals surface area contributed by atoms with Crippen LogP contribution >= 0.6 is 12.4 Å². The van der Waals surface area contributed by atoms with Gasteiger partial charge < -0.3 is 16.4 Å². The molecule has 90 valence electrons. The van der Waals surface area contributed by atoms with Crippen LogP contribution in [0.4, 0.5) is 0 Å². The average molecular weight is 236 g/mol. The van der Waals surface area contributed by atoms with E-state index in [0.29, 0.717) is 6.54 Å². The van der Waals surface area contributed by atoms with Crippen molar-refractivity contribution in [2.45, 2.75) is 32.7 Å². The van der Waals surface area contributed by atoms with Crippen LogP contribution in [0.25, 0.3) is 0 Å². The van der Waals surface area contributed by atoms with Crippen LogP contribution in [-0.4, -0.2) is 31.6 Å². The lowest BCUT2D eigenvalue weighted by atomic mass is 9.82. The lowest BCUT2D eigenvalue weighted by Crippen LogP contribution is -2.51. The highest BCUT2D eigenvalue weighted by molar-refractivity contribution is 5.85. The molecule has 15 heavy (non-hydrogen) atoms. The molecule has 1 saturated heterocycles. The Bertz CT molecular complexity index is 205. The molecule has 0 aromatic carbocycles. The van der Waals surface area contributed by atoms with Crippen molar-refractivity contribution in [3.8, 4) is 0 Å². The monoisotopic (exact) mass is 235 g/mol. The third kappa shape index (κ3) is 3.97. The molecule has 0 spiro atoms. The fraction of sp³-hybridized carbons (Fsp3) is 0.900. The van der Waals surface area contributed by atoms with Gasteiger partial charge in [0.05, 0.1) is 5.41 Å². The Morgan fingerprint density at radius 1 is 1.67 bits per heavy atom. The predicted octanol–water partition coefficient (Wildman–Crippen LogP) is 0.261. The first-order chi connectivity index (χ1) is 6.58. The van der Waals surface area contributed by atoms with E-state index < -0.39 is 0 Å². The molecule has 4 nitrogen and oxygen atoms in total. The van der Waals surface area contributed by atoms with Crippen LogP contribution in [0.5, 0.6) is 0 Å². The Kier molecular flexibility index (Phi) is 6.17. The summed E-state index contributed by atoms with van der Waals surface area (Å²) in [6.07, 6.45) is 2.03. The molecule has 4 N–H and O–H groups in total. The standard InChI is InChI=1S/C10H21N3O.ClH/c1-8(6-11)13-9(14)10(2)4-3-5-12-7-10;/h8,12H,3-7,11H2,1-2H3,(H,13,14);1H/t8-,10?;/m1./s1. The average Bonchev–Trinajstić information content (AvgIpc) is 2.18. The summed E-state index contributed by atoms with van der Waals surface area (Å²) in [5, 5.41) is 6.19. The van der Waals surface area contributed by atoms with Gasteiger partial charge in [0, 0.05) is 19.1 Å². The lowest BCUT2D eigenvalue weighted by Gasteiger charge is -2.33. The van der Waals surface area contributed by atoms with Gasteiger partial charge in [0.25, 0.3) is 0 Å². The molecule has 0 aliphatic carbocycles. The fourth-order valence-electron chi connectivity index (χ4n) is 1.71. The maximum absolute atomic E-state index is 11.9. The van der Waals surface area contributed by atoms with E-state index in [-0.39, 0.29) is 29.8 Å². The van der Waals surface area contributed by atoms with Gasteiger partial charge in [-0.25, -0.2) is 0 Å². The SMILES string of the molecule is C[C@H](CN)NC(=O)C1(C)CCCNC1.Cl. The highest BCUT2D eigenvalue weighted by Gasteiger charge is 2.34. The second kappa shape index (κ2) is 6.30. The number of nitrogens with two attached hydrogens (primary N) is 1. The molecule has 0 aromatic rings. The van der Waals surface area contributed by atoms with Crippen LogP contribution < -0.4 is 16.4 Å². The minimum atomic E-state index is -0.248. The summed E-state index contributed by atoms with van der Waals surface area (Å²) in [4.78, 5) is 11.9. The van der Waals surface area contributed by atoms with E-state index in [4.69, 9.17) is 5.73 Å². The van der Waals surface area contributed by atoms with E-state index in [0.717, 1.165) is 25.9 Å². The van der Waals surface area contributed by atoms with Gasteiger partial charge in [-0.15, -0.1) is 12.4 Å². The second-order valence-electron chi connectivity index (χ2n) is 4.45. The van der Waals surface area contributed by atoms with E-state index in [2.05, 4.69) is 10.6 Å². The Morgan fingerprint density at radius 3 is 2.80 bits per heavy atom. The van der Waals surface area contributed by atoms with Crippen LogP contribution in [0.15, 0.2) is 0 Å². The largest absolute Gasteiger partial charge is 0.352 e. The number of carbonyl (C=O) groups excluding carboxylic acids is 1. The molecule has 0 saturated carbocycles. The van der Waals surface area contributed by atoms with Gasteiger partial charge in [0.15, 0.2) is 0 Å². The van der Waals surface area contributed by atoms with Crippen LogP contribution in [0.2, 0.25) is 0 Å². The number of hydrogen-bond acceptors (Lipinski definition) is 3. The summed E-state index contributed by atoms with van der Waals surface area (Å²) in [5.41, 5.74) is 5.21. The molecule has 1 amide bonds. The zero-order valence-corrected chi connectivity index (χ0v) is 10.3. The first-order valence-corrected chi connectivity index (χ1v) is 5.30. The van der Waals surface area contributed by atoms with Crippen LogP contribution in [0, 0.1) is 5.41 Å². The molecule has 0 radical (unpaired) electrons. The minimum Gasteiger partial charge on any atom is -0.352 e. The summed E-state index contributed by atoms with van der Waals surface area (Å²) in [6.45, 7) is 6.23. The Balaban J connectivity index is 0.00000196. The molecule has 5 heteroatoms. The van der Waals surface area contributed by atoms with E-state index in [1.807, 2.05) is 13.8 Å². The van der Waals surface area contributed by atoms with Gasteiger partial charge in [0.1, 0.15) is 0 Å². The molecule has 0 bridgehead atoms. The lowest BCUT2D eigenvalue weighted by molar-refractivity contribution is -0.131. The van der Waals surface area contributed by atoms with Gasteiger partial charge in [-0.2, -0.15) is 0 Å². The molecule has 1 aliphatic heterocycles. The summed E-state index contributed by atoms with van der Waals surface area (Å²) in [7, 11) is 0. The maximum Gasteiger partial charge on any atom is 0.227 e. The van der Waals surface area contributed by atoms with Crippen molar-refractivity contribution in [1.82, 2.24) is 10.6 Å². The quantitative estimate of drug-likeness (QED) is 0.658. The van der Waals surface area contributed by atoms with Gasteiger partial charge >= 0.3 is 0 Å². The summed E-state index contributed by atoms with van der Waals surface area (Å²) >= 11 is 0. The first kappa shape index (κ1) is 14.7. The summed E-state index contributed by atoms with van der Waals surface area (Å²) in [6, 6.07) is 0.0706. The molecule has 1 aliphatic rings. The Hall–Kier alpha value is -0.320. The number of piperidine rings is 1. The minimum absolute atomic E-state index is 0. The topological polar surface area (TPSA) is 67.1 Å². The number of hydrogen-bond donors (Lipinski definition) is 3. The second-order valence-corrected chi connectivity index (χ2v) is 4.45. The third-order valence-corrected chi connectivity index (χ3v) is 2.88. The molecule has 1 fully saturated rings. The van der Waals surface area contributed by atoms with Gasteiger partial charge in [0.2, 0.25) is 5.91 Å². The molecule has 2 atom stereocenters. The van der Waals surface area contributed by atoms with Gasteiger partial charge in [-0.1, -0.05) is 0 Å². The molecule has 1 heterocycles. The number of rotatable bonds is 3. The highest BCUT2D eigenvalue weighted by atomic mass is 35.5. The van der Waals surface area contributed by atoms with Crippen molar-refractivity contribution in [3.05, 3.63) is 0 Å². The third-order valence-electron chi connectivity index (χ3n) is 2.88. The van der Waals surface area contributed by atoms with E-state index >= 15 is 0 Å². The number of nitrogens with one attached hydrogen (secondary N) is 2. The maximum atomic E-state index is 11.9. The summed E-state index contributed by atoms with van der Waals surface area (Å²) in [5.74, 6) is 0.127. The highest BCUT2D eigenvalue weighted by Crippen LogP contribution is 2.25. The van der Waals surface area contributed by atoms with Crippen molar-refractivity contribution in [2.75, 3.05) is 19.6 Å². The molecular weight excluding hydrogens is 214 g/mol. The zero-order chi connectivity index (χ0) is 10.6. The molecule has 0 aromatic heterocycles. The van der Waals surface area contributed by atoms with Crippen molar-refractivity contribution in [2.24, 2.45) is 11.1 Å². The smallest absolute Gasteiger partial charge is 0.227 e. The van der Waals surface area contributed by atoms with E-state index in [9.17, 15) is 4.79 Å². The molecule has 1 unspecified atom stereocenters. The molecular formula is C10H22ClN3O. The Morgan fingerprint density at radius 2 is 2.33 bits per heavy atom. The fourth-order valence-corrected chi connectivity index (χ4v) is 1.71. The normalized spacial score (nSPS) is 27.7. The first-order valence-electron chi connectivity index (χ1n) is 5.30. The number of carbonyl (C=O) groups is 1. The van der Waals surface area contributed by atoms with Crippen molar-refractivity contribution >= 4 is 18.3 Å². The number of amides is 1. The van der Waals surface area contributed by atoms with Gasteiger partial charge in [-0.05, 0) is 33.2 Å². The van der Waals surface area contributed by atoms with E-state index in [1.165, 1.54) is 0 Å². The predicted molar refractivity (Wildman–Crippen MR) is 64.1 cm³/mol. The number of halogens is 1. The Labute approximate surface area is 97.8 Å². The van der Waals surface area contributed by atoms with Crippen LogP contribution in [0.3, 0.4) is 0 Å². The van der Waals surface area contributed by atoms with E-state index in [1.54, 1.807) is 0 Å². The van der Waals surface area contributed by atoms with Crippen LogP contribution in [-0.2, 0) is 4.79 Å². The summed E-state index contributed by atoms with van der Waals surface area (Å²) < 4.78 is 0. The van der Waals surface area contributed by atoms with Crippen molar-refractivity contribution in [3.63, 3.8) is 0 Å². The van der Waals surface area contributed by atoms with Crippen molar-refractivity contribution < 1.29 is 4.79 Å². The van der Waals surface area contributed by atoms with Gasteiger partial charge in [-0.3, -0.25) is 4.79 Å². The zero-order valence-electron chi connectivity index (χ0n) is 9.51. The van der Waals surface area contributed by atoms with Crippen molar-refractivity contribution in [1.29, 1.82) is 0 Å². The van der Waals surface area contributed by atoms with Crippen LogP contribution in [0.1, 0.15) is 26.7 Å². The molecule has 1 rings (SSSR count).